The minimum atomic E-state index is -0.566. The van der Waals surface area contributed by atoms with Crippen LogP contribution in [-0.2, 0) is 6.54 Å². The molecule has 2 rings (SSSR count). The molecular formula is C15H14N2O4. The zero-order chi connectivity index (χ0) is 15.6. The van der Waals surface area contributed by atoms with Gasteiger partial charge in [-0.1, -0.05) is 24.3 Å². The van der Waals surface area contributed by atoms with Gasteiger partial charge in [0.05, 0.1) is 17.7 Å². The summed E-state index contributed by atoms with van der Waals surface area (Å²) in [5.74, 6) is -0.256. The number of carbonyl (C=O) groups excluding carboxylic acids is 1. The van der Waals surface area contributed by atoms with E-state index in [1.807, 2.05) is 6.07 Å². The van der Waals surface area contributed by atoms with E-state index in [0.717, 1.165) is 16.3 Å². The fourth-order valence-electron chi connectivity index (χ4n) is 2.10. The maximum Gasteiger partial charge on any atom is 0.288 e. The van der Waals surface area contributed by atoms with Crippen LogP contribution in [0.4, 0.5) is 5.69 Å². The summed E-state index contributed by atoms with van der Waals surface area (Å²) in [7, 11) is 0. The largest absolute Gasteiger partial charge is 0.301 e. The van der Waals surface area contributed by atoms with Gasteiger partial charge in [-0.25, -0.2) is 0 Å². The Hall–Kier alpha value is -2.76. The van der Waals surface area contributed by atoms with Crippen molar-refractivity contribution >= 4 is 11.5 Å². The fourth-order valence-corrected chi connectivity index (χ4v) is 2.10. The highest BCUT2D eigenvalue weighted by molar-refractivity contribution is 5.97. The van der Waals surface area contributed by atoms with Gasteiger partial charge in [0, 0.05) is 17.2 Å². The summed E-state index contributed by atoms with van der Waals surface area (Å²) in [5.41, 5.74) is 0.988. The van der Waals surface area contributed by atoms with Gasteiger partial charge in [0.15, 0.2) is 5.78 Å². The summed E-state index contributed by atoms with van der Waals surface area (Å²) in [6.45, 7) is 3.07. The second-order valence-corrected chi connectivity index (χ2v) is 4.80. The number of rotatable bonds is 4. The van der Waals surface area contributed by atoms with Crippen molar-refractivity contribution in [2.75, 3.05) is 0 Å². The van der Waals surface area contributed by atoms with Crippen molar-refractivity contribution in [2.45, 2.75) is 20.4 Å². The summed E-state index contributed by atoms with van der Waals surface area (Å²) in [4.78, 5) is 34.4. The Morgan fingerprint density at radius 2 is 1.90 bits per heavy atom. The summed E-state index contributed by atoms with van der Waals surface area (Å²) >= 11 is 0. The first-order chi connectivity index (χ1) is 9.90. The zero-order valence-electron chi connectivity index (χ0n) is 11.7. The molecule has 21 heavy (non-hydrogen) atoms. The number of Topliss-reactive ketones (excluding diaryl/α,β-unsaturated/α-hetero) is 1. The molecule has 0 radical (unpaired) electrons. The third kappa shape index (κ3) is 3.05. The second-order valence-electron chi connectivity index (χ2n) is 4.80. The molecule has 0 atom stereocenters. The summed E-state index contributed by atoms with van der Waals surface area (Å²) < 4.78 is 1.07. The predicted octanol–water partition coefficient (Wildman–Crippen LogP) is 2.26. The molecule has 0 spiro atoms. The van der Waals surface area contributed by atoms with Gasteiger partial charge in [0.25, 0.3) is 11.2 Å². The normalized spacial score (nSPS) is 10.4. The van der Waals surface area contributed by atoms with Gasteiger partial charge in [-0.05, 0) is 19.4 Å². The van der Waals surface area contributed by atoms with Crippen LogP contribution in [-0.4, -0.2) is 15.3 Å². The monoisotopic (exact) mass is 286 g/mol. The highest BCUT2D eigenvalue weighted by atomic mass is 16.6. The molecule has 2 aromatic rings. The number of benzene rings is 1. The SMILES string of the molecule is Cc1ccccc1C(=O)Cn1cc([N+](=O)[O-])c(C)cc1=O. The molecular weight excluding hydrogens is 272 g/mol. The van der Waals surface area contributed by atoms with Crippen LogP contribution in [0.5, 0.6) is 0 Å². The Morgan fingerprint density at radius 3 is 2.52 bits per heavy atom. The van der Waals surface area contributed by atoms with Gasteiger partial charge in [-0.15, -0.1) is 0 Å². The third-order valence-electron chi connectivity index (χ3n) is 3.26. The van der Waals surface area contributed by atoms with Crippen LogP contribution in [0.2, 0.25) is 0 Å². The lowest BCUT2D eigenvalue weighted by molar-refractivity contribution is -0.385. The number of hydrogen-bond donors (Lipinski definition) is 0. The van der Waals surface area contributed by atoms with E-state index in [1.54, 1.807) is 25.1 Å². The first-order valence-corrected chi connectivity index (χ1v) is 6.34. The minimum absolute atomic E-state index is 0.174. The molecule has 0 unspecified atom stereocenters. The quantitative estimate of drug-likeness (QED) is 0.490. The predicted molar refractivity (Wildman–Crippen MR) is 77.6 cm³/mol. The lowest BCUT2D eigenvalue weighted by Gasteiger charge is -2.08. The van der Waals surface area contributed by atoms with E-state index in [4.69, 9.17) is 0 Å². The van der Waals surface area contributed by atoms with Gasteiger partial charge < -0.3 is 4.57 Å². The molecule has 0 N–H and O–H groups in total. The Labute approximate surface area is 120 Å². The van der Waals surface area contributed by atoms with E-state index >= 15 is 0 Å². The van der Waals surface area contributed by atoms with Crippen molar-refractivity contribution in [3.63, 3.8) is 0 Å². The lowest BCUT2D eigenvalue weighted by atomic mass is 10.0. The molecule has 108 valence electrons. The smallest absolute Gasteiger partial charge is 0.288 e. The molecule has 1 heterocycles. The maximum absolute atomic E-state index is 12.2. The molecule has 0 saturated heterocycles. The van der Waals surface area contributed by atoms with Crippen molar-refractivity contribution in [1.29, 1.82) is 0 Å². The summed E-state index contributed by atoms with van der Waals surface area (Å²) in [6, 6.07) is 8.19. The summed E-state index contributed by atoms with van der Waals surface area (Å²) in [6.07, 6.45) is 1.12. The topological polar surface area (TPSA) is 82.2 Å². The zero-order valence-corrected chi connectivity index (χ0v) is 11.7. The lowest BCUT2D eigenvalue weighted by Crippen LogP contribution is -2.24. The van der Waals surface area contributed by atoms with Crippen LogP contribution in [0.3, 0.4) is 0 Å². The van der Waals surface area contributed by atoms with Crippen molar-refractivity contribution in [2.24, 2.45) is 0 Å². The Kier molecular flexibility index (Phi) is 3.98. The number of aromatic nitrogens is 1. The number of ketones is 1. The molecule has 0 aliphatic heterocycles. The molecule has 6 nitrogen and oxygen atoms in total. The highest BCUT2D eigenvalue weighted by Crippen LogP contribution is 2.15. The fraction of sp³-hybridized carbons (Fsp3) is 0.200. The van der Waals surface area contributed by atoms with Crippen molar-refractivity contribution in [1.82, 2.24) is 4.57 Å². The molecule has 0 aliphatic carbocycles. The van der Waals surface area contributed by atoms with Gasteiger partial charge in [0.2, 0.25) is 0 Å². The molecule has 0 aliphatic rings. The van der Waals surface area contributed by atoms with E-state index in [2.05, 4.69) is 0 Å². The van der Waals surface area contributed by atoms with Gasteiger partial charge in [-0.2, -0.15) is 0 Å². The number of nitro groups is 1. The van der Waals surface area contributed by atoms with E-state index < -0.39 is 10.5 Å². The second kappa shape index (κ2) is 5.70. The van der Waals surface area contributed by atoms with Crippen LogP contribution < -0.4 is 5.56 Å². The Bertz CT molecular complexity index is 777. The van der Waals surface area contributed by atoms with Crippen LogP contribution in [0.15, 0.2) is 41.3 Å². The first-order valence-electron chi connectivity index (χ1n) is 6.34. The van der Waals surface area contributed by atoms with E-state index in [1.165, 1.54) is 13.0 Å². The van der Waals surface area contributed by atoms with Crippen LogP contribution in [0, 0.1) is 24.0 Å². The minimum Gasteiger partial charge on any atom is -0.301 e. The molecule has 1 aromatic carbocycles. The van der Waals surface area contributed by atoms with Gasteiger partial charge in [0.1, 0.15) is 0 Å². The summed E-state index contributed by atoms with van der Waals surface area (Å²) in [5, 5.41) is 10.9. The Balaban J connectivity index is 2.38. The van der Waals surface area contributed by atoms with E-state index in [0.29, 0.717) is 5.56 Å². The number of aryl methyl sites for hydroxylation is 2. The van der Waals surface area contributed by atoms with Crippen molar-refractivity contribution in [3.8, 4) is 0 Å². The molecule has 6 heteroatoms. The van der Waals surface area contributed by atoms with E-state index in [-0.39, 0.29) is 23.6 Å². The molecule has 0 amide bonds. The molecule has 0 fully saturated rings. The van der Waals surface area contributed by atoms with Crippen LogP contribution in [0.25, 0.3) is 0 Å². The number of pyridine rings is 1. The number of hydrogen-bond acceptors (Lipinski definition) is 4. The van der Waals surface area contributed by atoms with Gasteiger partial charge >= 0.3 is 0 Å². The molecule has 1 aromatic heterocycles. The van der Waals surface area contributed by atoms with Crippen LogP contribution in [0.1, 0.15) is 21.5 Å². The number of carbonyl (C=O) groups is 1. The van der Waals surface area contributed by atoms with Crippen molar-refractivity contribution < 1.29 is 9.72 Å². The number of nitrogens with zero attached hydrogens (tertiary/aromatic N) is 2. The van der Waals surface area contributed by atoms with Gasteiger partial charge in [-0.3, -0.25) is 19.7 Å². The van der Waals surface area contributed by atoms with Crippen molar-refractivity contribution in [3.05, 3.63) is 73.7 Å². The first kappa shape index (κ1) is 14.6. The average molecular weight is 286 g/mol. The van der Waals surface area contributed by atoms with Crippen LogP contribution >= 0.6 is 0 Å². The molecule has 0 bridgehead atoms. The standard InChI is InChI=1S/C15H14N2O4/c1-10-5-3-4-6-12(10)14(18)9-16-8-13(17(20)21)11(2)7-15(16)19/h3-8H,9H2,1-2H3. The molecule has 0 saturated carbocycles. The Morgan fingerprint density at radius 1 is 1.24 bits per heavy atom. The van der Waals surface area contributed by atoms with E-state index in [9.17, 15) is 19.7 Å². The highest BCUT2D eigenvalue weighted by Gasteiger charge is 2.16. The maximum atomic E-state index is 12.2. The third-order valence-corrected chi connectivity index (χ3v) is 3.26. The average Bonchev–Trinajstić information content (AvgIpc) is 2.41.